The van der Waals surface area contributed by atoms with Crippen LogP contribution in [0.4, 0.5) is 0 Å². The van der Waals surface area contributed by atoms with Gasteiger partial charge in [-0.25, -0.2) is 4.98 Å². The lowest BCUT2D eigenvalue weighted by Crippen LogP contribution is -2.40. The minimum absolute atomic E-state index is 0.0295. The Morgan fingerprint density at radius 1 is 1.39 bits per heavy atom. The van der Waals surface area contributed by atoms with E-state index in [-0.39, 0.29) is 33.9 Å². The van der Waals surface area contributed by atoms with Crippen molar-refractivity contribution in [3.05, 3.63) is 28.0 Å². The molecule has 0 radical (unpaired) electrons. The van der Waals surface area contributed by atoms with E-state index in [1.807, 2.05) is 0 Å². The predicted molar refractivity (Wildman–Crippen MR) is 70.0 cm³/mol. The number of carbonyl (C=O) groups excluding carboxylic acids is 1. The van der Waals surface area contributed by atoms with E-state index in [0.717, 1.165) is 19.3 Å². The first kappa shape index (κ1) is 13.6. The summed E-state index contributed by atoms with van der Waals surface area (Å²) in [7, 11) is 0. The van der Waals surface area contributed by atoms with Crippen LogP contribution in [0.25, 0.3) is 0 Å². The summed E-state index contributed by atoms with van der Waals surface area (Å²) in [4.78, 5) is 15.9. The predicted octanol–water partition coefficient (Wildman–Crippen LogP) is 2.42. The van der Waals surface area contributed by atoms with E-state index in [4.69, 9.17) is 23.2 Å². The minimum Gasteiger partial charge on any atom is -0.393 e. The molecule has 1 heterocycles. The molecular formula is C12H14Cl2N2O2. The third-order valence-electron chi connectivity index (χ3n) is 3.01. The van der Waals surface area contributed by atoms with Crippen LogP contribution in [-0.2, 0) is 0 Å². The number of hydrogen-bond donors (Lipinski definition) is 2. The van der Waals surface area contributed by atoms with Gasteiger partial charge in [-0.1, -0.05) is 23.2 Å². The Morgan fingerprint density at radius 2 is 2.17 bits per heavy atom. The Hall–Kier alpha value is -0.840. The fourth-order valence-electron chi connectivity index (χ4n) is 2.13. The lowest BCUT2D eigenvalue weighted by atomic mass is 9.93. The second-order valence-corrected chi connectivity index (χ2v) is 5.25. The molecular weight excluding hydrogens is 275 g/mol. The van der Waals surface area contributed by atoms with Crippen molar-refractivity contribution in [3.8, 4) is 0 Å². The average Bonchev–Trinajstić information content (AvgIpc) is 2.32. The summed E-state index contributed by atoms with van der Waals surface area (Å²) < 4.78 is 0. The molecule has 1 aliphatic rings. The number of nitrogens with zero attached hydrogens (tertiary/aromatic N) is 1. The summed E-state index contributed by atoms with van der Waals surface area (Å²) in [5.74, 6) is -0.346. The van der Waals surface area contributed by atoms with Crippen molar-refractivity contribution in [2.45, 2.75) is 37.8 Å². The molecule has 0 saturated heterocycles. The van der Waals surface area contributed by atoms with Crippen LogP contribution in [0.5, 0.6) is 0 Å². The molecule has 0 aromatic carbocycles. The van der Waals surface area contributed by atoms with Crippen LogP contribution >= 0.6 is 23.2 Å². The number of carbonyl (C=O) groups is 1. The molecule has 6 heteroatoms. The zero-order valence-corrected chi connectivity index (χ0v) is 11.2. The summed E-state index contributed by atoms with van der Waals surface area (Å²) in [6.07, 6.45) is 2.79. The highest BCUT2D eigenvalue weighted by atomic mass is 35.5. The van der Waals surface area contributed by atoms with Crippen LogP contribution in [0.15, 0.2) is 12.1 Å². The quantitative estimate of drug-likeness (QED) is 0.822. The average molecular weight is 289 g/mol. The third-order valence-corrected chi connectivity index (χ3v) is 3.52. The van der Waals surface area contributed by atoms with Gasteiger partial charge in [-0.05, 0) is 37.8 Å². The number of rotatable bonds is 2. The number of aromatic nitrogens is 1. The van der Waals surface area contributed by atoms with Crippen molar-refractivity contribution in [1.82, 2.24) is 10.3 Å². The fraction of sp³-hybridized carbons (Fsp3) is 0.500. The van der Waals surface area contributed by atoms with Crippen molar-refractivity contribution in [2.24, 2.45) is 0 Å². The van der Waals surface area contributed by atoms with Crippen LogP contribution in [0, 0.1) is 0 Å². The number of halogens is 2. The van der Waals surface area contributed by atoms with Gasteiger partial charge in [0.05, 0.1) is 11.1 Å². The highest BCUT2D eigenvalue weighted by Gasteiger charge is 2.23. The first-order valence-electron chi connectivity index (χ1n) is 5.87. The van der Waals surface area contributed by atoms with Crippen molar-refractivity contribution >= 4 is 29.1 Å². The Labute approximate surface area is 115 Å². The molecule has 0 aliphatic heterocycles. The number of aliphatic hydroxyl groups excluding tert-OH is 1. The Kier molecular flexibility index (Phi) is 4.43. The molecule has 18 heavy (non-hydrogen) atoms. The van der Waals surface area contributed by atoms with E-state index in [1.165, 1.54) is 6.07 Å². The van der Waals surface area contributed by atoms with Crippen LogP contribution in [-0.4, -0.2) is 28.1 Å². The molecule has 1 aliphatic carbocycles. The van der Waals surface area contributed by atoms with E-state index in [1.54, 1.807) is 6.07 Å². The molecule has 2 N–H and O–H groups in total. The molecule has 2 atom stereocenters. The standard InChI is InChI=1S/C12H14Cl2N2O2/c13-9-4-5-10(14)16-11(9)12(18)15-7-2-1-3-8(17)6-7/h4-5,7-8,17H,1-3,6H2,(H,15,18). The number of hydrogen-bond acceptors (Lipinski definition) is 3. The molecule has 2 unspecified atom stereocenters. The van der Waals surface area contributed by atoms with Crippen LogP contribution in [0.1, 0.15) is 36.2 Å². The summed E-state index contributed by atoms with van der Waals surface area (Å²) in [5, 5.41) is 12.9. The van der Waals surface area contributed by atoms with E-state index in [9.17, 15) is 9.90 Å². The summed E-state index contributed by atoms with van der Waals surface area (Å²) in [6, 6.07) is 3.05. The third kappa shape index (κ3) is 3.34. The van der Waals surface area contributed by atoms with Gasteiger partial charge in [-0.15, -0.1) is 0 Å². The second kappa shape index (κ2) is 5.87. The number of amides is 1. The van der Waals surface area contributed by atoms with E-state index in [0.29, 0.717) is 6.42 Å². The van der Waals surface area contributed by atoms with Gasteiger partial charge in [0, 0.05) is 6.04 Å². The minimum atomic E-state index is -0.346. The maximum atomic E-state index is 12.0. The number of pyridine rings is 1. The summed E-state index contributed by atoms with van der Waals surface area (Å²) >= 11 is 11.6. The highest BCUT2D eigenvalue weighted by molar-refractivity contribution is 6.34. The topological polar surface area (TPSA) is 62.2 Å². The van der Waals surface area contributed by atoms with Gasteiger partial charge in [-0.2, -0.15) is 0 Å². The molecule has 0 spiro atoms. The monoisotopic (exact) mass is 288 g/mol. The Bertz CT molecular complexity index is 454. The van der Waals surface area contributed by atoms with E-state index >= 15 is 0 Å². The van der Waals surface area contributed by atoms with Crippen LogP contribution in [0.2, 0.25) is 10.2 Å². The highest BCUT2D eigenvalue weighted by Crippen LogP contribution is 2.20. The first-order valence-corrected chi connectivity index (χ1v) is 6.63. The smallest absolute Gasteiger partial charge is 0.271 e. The van der Waals surface area contributed by atoms with Crippen molar-refractivity contribution < 1.29 is 9.90 Å². The lowest BCUT2D eigenvalue weighted by Gasteiger charge is -2.26. The molecule has 4 nitrogen and oxygen atoms in total. The van der Waals surface area contributed by atoms with Gasteiger partial charge in [0.15, 0.2) is 0 Å². The molecule has 1 fully saturated rings. The fourth-order valence-corrected chi connectivity index (χ4v) is 2.47. The molecule has 98 valence electrons. The van der Waals surface area contributed by atoms with Crippen molar-refractivity contribution in [3.63, 3.8) is 0 Å². The van der Waals surface area contributed by atoms with Gasteiger partial charge >= 0.3 is 0 Å². The number of aliphatic hydroxyl groups is 1. The molecule has 2 rings (SSSR count). The molecule has 1 saturated carbocycles. The van der Waals surface area contributed by atoms with Gasteiger partial charge < -0.3 is 10.4 Å². The normalized spacial score (nSPS) is 23.7. The SMILES string of the molecule is O=C(NC1CCCC(O)C1)c1nc(Cl)ccc1Cl. The Morgan fingerprint density at radius 3 is 2.89 bits per heavy atom. The zero-order chi connectivity index (χ0) is 13.1. The maximum Gasteiger partial charge on any atom is 0.271 e. The Balaban J connectivity index is 2.05. The second-order valence-electron chi connectivity index (χ2n) is 4.46. The molecule has 1 aromatic rings. The lowest BCUT2D eigenvalue weighted by molar-refractivity contribution is 0.0845. The maximum absolute atomic E-state index is 12.0. The van der Waals surface area contributed by atoms with Gasteiger partial charge in [0.1, 0.15) is 10.8 Å². The molecule has 1 amide bonds. The van der Waals surface area contributed by atoms with Crippen LogP contribution < -0.4 is 5.32 Å². The van der Waals surface area contributed by atoms with Crippen molar-refractivity contribution in [1.29, 1.82) is 0 Å². The zero-order valence-electron chi connectivity index (χ0n) is 9.70. The van der Waals surface area contributed by atoms with Crippen LogP contribution in [0.3, 0.4) is 0 Å². The van der Waals surface area contributed by atoms with Gasteiger partial charge in [0.25, 0.3) is 5.91 Å². The van der Waals surface area contributed by atoms with Crippen molar-refractivity contribution in [2.75, 3.05) is 0 Å². The largest absolute Gasteiger partial charge is 0.393 e. The van der Waals surface area contributed by atoms with Gasteiger partial charge in [0.2, 0.25) is 0 Å². The summed E-state index contributed by atoms with van der Waals surface area (Å²) in [5.41, 5.74) is 0.129. The van der Waals surface area contributed by atoms with Gasteiger partial charge in [-0.3, -0.25) is 4.79 Å². The van der Waals surface area contributed by atoms with E-state index < -0.39 is 0 Å². The van der Waals surface area contributed by atoms with E-state index in [2.05, 4.69) is 10.3 Å². The summed E-state index contributed by atoms with van der Waals surface area (Å²) in [6.45, 7) is 0. The molecule has 1 aromatic heterocycles. The molecule has 0 bridgehead atoms. The number of nitrogens with one attached hydrogen (secondary N) is 1. The first-order chi connectivity index (χ1) is 8.56.